The van der Waals surface area contributed by atoms with Crippen molar-refractivity contribution in [3.63, 3.8) is 0 Å². The third-order valence-corrected chi connectivity index (χ3v) is 2.90. The average molecular weight is 249 g/mol. The zero-order valence-electron chi connectivity index (χ0n) is 10.4. The van der Waals surface area contributed by atoms with Gasteiger partial charge in [-0.2, -0.15) is 10.1 Å². The highest BCUT2D eigenvalue weighted by Crippen LogP contribution is 2.23. The molecule has 1 aliphatic rings. The number of nitrogens with zero attached hydrogens (tertiary/aromatic N) is 4. The Balaban J connectivity index is 1.86. The molecule has 18 heavy (non-hydrogen) atoms. The average Bonchev–Trinajstić information content (AvgIpc) is 2.97. The van der Waals surface area contributed by atoms with E-state index in [1.807, 2.05) is 20.2 Å². The third kappa shape index (κ3) is 2.02. The number of ether oxygens (including phenoxy) is 1. The summed E-state index contributed by atoms with van der Waals surface area (Å²) in [6, 6.07) is 0. The van der Waals surface area contributed by atoms with E-state index in [9.17, 15) is 0 Å². The first-order valence-corrected chi connectivity index (χ1v) is 5.90. The number of aryl methyl sites for hydroxylation is 2. The first-order valence-electron chi connectivity index (χ1n) is 5.90. The first-order chi connectivity index (χ1) is 8.74. The van der Waals surface area contributed by atoms with Crippen LogP contribution in [0.1, 0.15) is 17.6 Å². The minimum absolute atomic E-state index is 0.131. The second-order valence-corrected chi connectivity index (χ2v) is 4.32. The van der Waals surface area contributed by atoms with Crippen LogP contribution in [0, 0.1) is 6.92 Å². The lowest BCUT2D eigenvalue weighted by Gasteiger charge is -2.20. The monoisotopic (exact) mass is 249 g/mol. The van der Waals surface area contributed by atoms with Gasteiger partial charge in [0, 0.05) is 26.3 Å². The lowest BCUT2D eigenvalue weighted by Crippen LogP contribution is -2.33. The van der Waals surface area contributed by atoms with E-state index >= 15 is 0 Å². The van der Waals surface area contributed by atoms with Crippen LogP contribution < -0.4 is 5.32 Å². The quantitative estimate of drug-likeness (QED) is 0.832. The predicted molar refractivity (Wildman–Crippen MR) is 62.8 cm³/mol. The van der Waals surface area contributed by atoms with Crippen molar-refractivity contribution in [1.29, 1.82) is 0 Å². The summed E-state index contributed by atoms with van der Waals surface area (Å²) in [7, 11) is 1.86. The minimum Gasteiger partial charge on any atom is -0.367 e. The van der Waals surface area contributed by atoms with Gasteiger partial charge in [-0.1, -0.05) is 5.16 Å². The van der Waals surface area contributed by atoms with Gasteiger partial charge in [-0.15, -0.1) is 0 Å². The maximum absolute atomic E-state index is 5.58. The molecule has 1 atom stereocenters. The zero-order chi connectivity index (χ0) is 12.5. The summed E-state index contributed by atoms with van der Waals surface area (Å²) in [5.74, 6) is 1.07. The van der Waals surface area contributed by atoms with Gasteiger partial charge in [0.25, 0.3) is 5.89 Å². The molecular weight excluding hydrogens is 234 g/mol. The van der Waals surface area contributed by atoms with Gasteiger partial charge in [0.2, 0.25) is 5.82 Å². The lowest BCUT2D eigenvalue weighted by atomic mass is 10.2. The molecule has 0 amide bonds. The van der Waals surface area contributed by atoms with Crippen LogP contribution in [-0.2, 0) is 11.8 Å². The molecule has 0 aliphatic carbocycles. The topological polar surface area (TPSA) is 78.0 Å². The van der Waals surface area contributed by atoms with Crippen molar-refractivity contribution in [2.24, 2.45) is 7.05 Å². The van der Waals surface area contributed by atoms with Crippen molar-refractivity contribution in [2.45, 2.75) is 13.0 Å². The Bertz CT molecular complexity index is 541. The number of morpholine rings is 1. The van der Waals surface area contributed by atoms with Crippen molar-refractivity contribution < 1.29 is 9.26 Å². The van der Waals surface area contributed by atoms with Crippen LogP contribution in [0.2, 0.25) is 0 Å². The molecule has 1 fully saturated rings. The Hall–Kier alpha value is -1.73. The molecule has 96 valence electrons. The molecule has 0 radical (unpaired) electrons. The summed E-state index contributed by atoms with van der Waals surface area (Å²) < 4.78 is 12.6. The van der Waals surface area contributed by atoms with Gasteiger partial charge in [0.05, 0.1) is 17.9 Å². The number of hydrogen-bond acceptors (Lipinski definition) is 6. The zero-order valence-corrected chi connectivity index (χ0v) is 10.4. The van der Waals surface area contributed by atoms with Gasteiger partial charge in [0.1, 0.15) is 6.10 Å². The Morgan fingerprint density at radius 1 is 1.50 bits per heavy atom. The molecule has 3 heterocycles. The fourth-order valence-corrected chi connectivity index (χ4v) is 2.02. The molecule has 3 rings (SSSR count). The lowest BCUT2D eigenvalue weighted by molar-refractivity contribution is 0.0208. The van der Waals surface area contributed by atoms with Crippen LogP contribution in [-0.4, -0.2) is 39.6 Å². The van der Waals surface area contributed by atoms with Crippen molar-refractivity contribution in [2.75, 3.05) is 19.7 Å². The van der Waals surface area contributed by atoms with Crippen molar-refractivity contribution in [3.05, 3.63) is 17.7 Å². The maximum Gasteiger partial charge on any atom is 0.261 e. The number of nitrogens with one attached hydrogen (secondary N) is 1. The number of aromatic nitrogens is 4. The van der Waals surface area contributed by atoms with Gasteiger partial charge in [-0.05, 0) is 6.92 Å². The van der Waals surface area contributed by atoms with E-state index in [1.54, 1.807) is 4.68 Å². The van der Waals surface area contributed by atoms with Gasteiger partial charge in [-0.25, -0.2) is 0 Å². The van der Waals surface area contributed by atoms with E-state index in [2.05, 4.69) is 20.6 Å². The standard InChI is InChI=1S/C11H15N5O2/c1-7-8(6-16(2)14-7)11-13-10(15-18-11)9-5-12-3-4-17-9/h6,9,12H,3-5H2,1-2H3. The molecule has 0 bridgehead atoms. The highest BCUT2D eigenvalue weighted by molar-refractivity contribution is 5.54. The highest BCUT2D eigenvalue weighted by Gasteiger charge is 2.23. The SMILES string of the molecule is Cc1nn(C)cc1-c1nc(C2CNCCO2)no1. The molecule has 1 N–H and O–H groups in total. The van der Waals surface area contributed by atoms with E-state index < -0.39 is 0 Å². The molecule has 7 nitrogen and oxygen atoms in total. The van der Waals surface area contributed by atoms with Gasteiger partial charge < -0.3 is 14.6 Å². The smallest absolute Gasteiger partial charge is 0.261 e. The fraction of sp³-hybridized carbons (Fsp3) is 0.545. The number of hydrogen-bond donors (Lipinski definition) is 1. The summed E-state index contributed by atoms with van der Waals surface area (Å²) in [4.78, 5) is 4.38. The molecule has 0 spiro atoms. The van der Waals surface area contributed by atoms with Crippen LogP contribution in [0.3, 0.4) is 0 Å². The first kappa shape index (κ1) is 11.4. The Kier molecular flexibility index (Phi) is 2.85. The largest absolute Gasteiger partial charge is 0.367 e. The van der Waals surface area contributed by atoms with Crippen molar-refractivity contribution >= 4 is 0 Å². The Morgan fingerprint density at radius 3 is 3.06 bits per heavy atom. The van der Waals surface area contributed by atoms with Crippen molar-refractivity contribution in [3.8, 4) is 11.5 Å². The number of rotatable bonds is 2. The van der Waals surface area contributed by atoms with E-state index in [0.717, 1.165) is 17.8 Å². The van der Waals surface area contributed by atoms with Crippen LogP contribution in [0.25, 0.3) is 11.5 Å². The maximum atomic E-state index is 5.58. The molecule has 2 aromatic heterocycles. The molecule has 1 aliphatic heterocycles. The summed E-state index contributed by atoms with van der Waals surface area (Å²) in [6.07, 6.45) is 1.74. The second-order valence-electron chi connectivity index (χ2n) is 4.32. The van der Waals surface area contributed by atoms with E-state index in [-0.39, 0.29) is 6.10 Å². The normalized spacial score (nSPS) is 20.2. The summed E-state index contributed by atoms with van der Waals surface area (Å²) in [6.45, 7) is 4.16. The van der Waals surface area contributed by atoms with Gasteiger partial charge in [-0.3, -0.25) is 4.68 Å². The summed E-state index contributed by atoms with van der Waals surface area (Å²) in [5.41, 5.74) is 1.73. The molecular formula is C11H15N5O2. The molecule has 1 unspecified atom stereocenters. The van der Waals surface area contributed by atoms with Gasteiger partial charge >= 0.3 is 0 Å². The van der Waals surface area contributed by atoms with E-state index in [4.69, 9.17) is 9.26 Å². The summed E-state index contributed by atoms with van der Waals surface area (Å²) >= 11 is 0. The van der Waals surface area contributed by atoms with Crippen LogP contribution in [0.5, 0.6) is 0 Å². The third-order valence-electron chi connectivity index (χ3n) is 2.90. The van der Waals surface area contributed by atoms with Gasteiger partial charge in [0.15, 0.2) is 0 Å². The van der Waals surface area contributed by atoms with Crippen LogP contribution in [0.15, 0.2) is 10.7 Å². The van der Waals surface area contributed by atoms with E-state index in [1.165, 1.54) is 0 Å². The van der Waals surface area contributed by atoms with Crippen LogP contribution >= 0.6 is 0 Å². The van der Waals surface area contributed by atoms with Crippen molar-refractivity contribution in [1.82, 2.24) is 25.2 Å². The molecule has 0 aromatic carbocycles. The molecule has 1 saturated heterocycles. The minimum atomic E-state index is -0.131. The summed E-state index contributed by atoms with van der Waals surface area (Å²) in [5, 5.41) is 11.5. The Labute approximate surface area is 104 Å². The molecule has 2 aromatic rings. The predicted octanol–water partition coefficient (Wildman–Crippen LogP) is 0.439. The highest BCUT2D eigenvalue weighted by atomic mass is 16.5. The Morgan fingerprint density at radius 2 is 2.39 bits per heavy atom. The molecule has 7 heteroatoms. The second kappa shape index (κ2) is 4.51. The molecule has 0 saturated carbocycles. The van der Waals surface area contributed by atoms with Crippen LogP contribution in [0.4, 0.5) is 0 Å². The van der Waals surface area contributed by atoms with E-state index in [0.29, 0.717) is 24.9 Å². The fourth-order valence-electron chi connectivity index (χ4n) is 2.02.